The molecule has 1 unspecified atom stereocenters. The maximum atomic E-state index is 11.8. The smallest absolute Gasteiger partial charge is 0.320 e. The van der Waals surface area contributed by atoms with E-state index in [1.165, 1.54) is 5.56 Å². The zero-order chi connectivity index (χ0) is 20.6. The quantitative estimate of drug-likeness (QED) is 0.585. The number of carbonyl (C=O) groups is 2. The number of amides is 1. The summed E-state index contributed by atoms with van der Waals surface area (Å²) < 4.78 is 0. The van der Waals surface area contributed by atoms with Crippen LogP contribution in [-0.2, 0) is 16.1 Å². The van der Waals surface area contributed by atoms with Crippen molar-refractivity contribution < 1.29 is 14.7 Å². The van der Waals surface area contributed by atoms with Crippen LogP contribution in [0.4, 0.5) is 0 Å². The highest BCUT2D eigenvalue weighted by Gasteiger charge is 2.25. The first kappa shape index (κ1) is 20.3. The molecule has 6 heteroatoms. The zero-order valence-corrected chi connectivity index (χ0v) is 16.1. The zero-order valence-electron chi connectivity index (χ0n) is 16.1. The molecule has 0 radical (unpaired) electrons. The number of aliphatic hydroxyl groups is 1. The van der Waals surface area contributed by atoms with Crippen LogP contribution in [0.15, 0.2) is 58.5 Å². The molecule has 2 aromatic carbocycles. The van der Waals surface area contributed by atoms with E-state index in [1.54, 1.807) is 0 Å². The second kappa shape index (κ2) is 9.69. The molecular weight excluding hydrogens is 366 g/mol. The molecule has 1 heterocycles. The minimum Gasteiger partial charge on any atom is -0.396 e. The lowest BCUT2D eigenvalue weighted by atomic mass is 9.92. The number of Topliss-reactive ketones (excluding diaryl/α,β-unsaturated/α-hetero) is 1. The summed E-state index contributed by atoms with van der Waals surface area (Å²) in [6.45, 7) is 0.655. The molecule has 1 aliphatic rings. The number of hydrogen-bond acceptors (Lipinski definition) is 5. The van der Waals surface area contributed by atoms with Crippen molar-refractivity contribution in [2.75, 3.05) is 13.7 Å². The number of aliphatic imine (C=N–C) groups is 2. The van der Waals surface area contributed by atoms with Crippen LogP contribution in [0, 0.1) is 11.8 Å². The average molecular weight is 387 g/mol. The Kier molecular flexibility index (Phi) is 6.80. The Morgan fingerprint density at radius 3 is 2.21 bits per heavy atom. The Morgan fingerprint density at radius 1 is 1.00 bits per heavy atom. The van der Waals surface area contributed by atoms with Gasteiger partial charge in [0, 0.05) is 30.0 Å². The summed E-state index contributed by atoms with van der Waals surface area (Å²) >= 11 is 0. The Bertz CT molecular complexity index is 1010. The minimum atomic E-state index is -0.823. The number of rotatable bonds is 6. The fourth-order valence-electron chi connectivity index (χ4n) is 2.95. The van der Waals surface area contributed by atoms with Gasteiger partial charge in [-0.1, -0.05) is 36.1 Å². The van der Waals surface area contributed by atoms with E-state index in [4.69, 9.17) is 0 Å². The van der Waals surface area contributed by atoms with Crippen LogP contribution in [0.5, 0.6) is 0 Å². The van der Waals surface area contributed by atoms with E-state index in [0.29, 0.717) is 0 Å². The van der Waals surface area contributed by atoms with E-state index in [9.17, 15) is 14.7 Å². The molecule has 0 bridgehead atoms. The number of ketones is 1. The molecule has 2 aromatic rings. The highest BCUT2D eigenvalue weighted by Crippen LogP contribution is 2.21. The molecule has 0 aliphatic carbocycles. The monoisotopic (exact) mass is 387 g/mol. The second-order valence-corrected chi connectivity index (χ2v) is 6.64. The molecule has 3 rings (SSSR count). The SMILES string of the molecule is CNCc1ccc(C#Cc2ccc(C(CO)CC3=NC=NC(=O)C3=O)cc2)cc1. The summed E-state index contributed by atoms with van der Waals surface area (Å²) in [5.74, 6) is 4.39. The summed E-state index contributed by atoms with van der Waals surface area (Å²) in [6.07, 6.45) is 1.26. The average Bonchev–Trinajstić information content (AvgIpc) is 2.75. The molecule has 29 heavy (non-hydrogen) atoms. The van der Waals surface area contributed by atoms with Gasteiger partial charge in [-0.2, -0.15) is 4.99 Å². The molecule has 0 fully saturated rings. The van der Waals surface area contributed by atoms with Crippen molar-refractivity contribution in [1.82, 2.24) is 5.32 Å². The Labute approximate surface area is 169 Å². The summed E-state index contributed by atoms with van der Waals surface area (Å²) in [4.78, 5) is 30.5. The van der Waals surface area contributed by atoms with Gasteiger partial charge < -0.3 is 10.4 Å². The summed E-state index contributed by atoms with van der Waals surface area (Å²) in [7, 11) is 1.91. The number of nitrogens with zero attached hydrogens (tertiary/aromatic N) is 2. The van der Waals surface area contributed by atoms with Crippen LogP contribution in [0.3, 0.4) is 0 Å². The topological polar surface area (TPSA) is 91.1 Å². The molecule has 0 saturated carbocycles. The fraction of sp³-hybridized carbons (Fsp3) is 0.217. The van der Waals surface area contributed by atoms with Crippen LogP contribution in [0.1, 0.15) is 34.6 Å². The lowest BCUT2D eigenvalue weighted by Gasteiger charge is -2.15. The van der Waals surface area contributed by atoms with E-state index in [2.05, 4.69) is 27.1 Å². The van der Waals surface area contributed by atoms with Crippen molar-refractivity contribution in [2.24, 2.45) is 9.98 Å². The second-order valence-electron chi connectivity index (χ2n) is 6.64. The predicted octanol–water partition coefficient (Wildman–Crippen LogP) is 1.85. The molecule has 1 atom stereocenters. The van der Waals surface area contributed by atoms with Crippen molar-refractivity contribution in [3.8, 4) is 11.8 Å². The molecule has 1 amide bonds. The number of benzene rings is 2. The molecule has 6 nitrogen and oxygen atoms in total. The van der Waals surface area contributed by atoms with E-state index >= 15 is 0 Å². The van der Waals surface area contributed by atoms with Gasteiger partial charge in [0.2, 0.25) is 0 Å². The van der Waals surface area contributed by atoms with Crippen molar-refractivity contribution >= 4 is 23.7 Å². The van der Waals surface area contributed by atoms with Gasteiger partial charge in [0.15, 0.2) is 0 Å². The maximum absolute atomic E-state index is 11.8. The molecular formula is C23H21N3O3. The third-order valence-corrected chi connectivity index (χ3v) is 4.57. The number of hydrogen-bond donors (Lipinski definition) is 2. The van der Waals surface area contributed by atoms with Crippen LogP contribution in [0.25, 0.3) is 0 Å². The van der Waals surface area contributed by atoms with Crippen LogP contribution in [-0.4, -0.2) is 42.5 Å². The van der Waals surface area contributed by atoms with Gasteiger partial charge in [0.25, 0.3) is 5.78 Å². The maximum Gasteiger partial charge on any atom is 0.320 e. The van der Waals surface area contributed by atoms with E-state index in [0.717, 1.165) is 29.6 Å². The highest BCUT2D eigenvalue weighted by atomic mass is 16.3. The Hall–Kier alpha value is -3.40. The predicted molar refractivity (Wildman–Crippen MR) is 112 cm³/mol. The van der Waals surface area contributed by atoms with Crippen molar-refractivity contribution in [1.29, 1.82) is 0 Å². The molecule has 0 aromatic heterocycles. The summed E-state index contributed by atoms with van der Waals surface area (Å²) in [6, 6.07) is 15.5. The number of nitrogens with one attached hydrogen (secondary N) is 1. The Balaban J connectivity index is 1.69. The summed E-state index contributed by atoms with van der Waals surface area (Å²) in [5, 5.41) is 12.8. The van der Waals surface area contributed by atoms with Gasteiger partial charge in [0.05, 0.1) is 12.3 Å². The highest BCUT2D eigenvalue weighted by molar-refractivity contribution is 6.66. The van der Waals surface area contributed by atoms with Crippen LogP contribution < -0.4 is 5.32 Å². The van der Waals surface area contributed by atoms with Gasteiger partial charge in [0.1, 0.15) is 6.34 Å². The van der Waals surface area contributed by atoms with Gasteiger partial charge in [-0.05, 0) is 42.4 Å². The lowest BCUT2D eigenvalue weighted by Crippen LogP contribution is -2.28. The van der Waals surface area contributed by atoms with Crippen molar-refractivity contribution in [3.63, 3.8) is 0 Å². The Morgan fingerprint density at radius 2 is 1.62 bits per heavy atom. The van der Waals surface area contributed by atoms with E-state index < -0.39 is 11.7 Å². The first-order valence-corrected chi connectivity index (χ1v) is 9.25. The molecule has 1 aliphatic heterocycles. The van der Waals surface area contributed by atoms with Gasteiger partial charge in [-0.25, -0.2) is 4.99 Å². The molecule has 146 valence electrons. The molecule has 0 saturated heterocycles. The number of carbonyl (C=O) groups excluding carboxylic acids is 2. The van der Waals surface area contributed by atoms with Crippen molar-refractivity contribution in [3.05, 3.63) is 70.8 Å². The first-order chi connectivity index (χ1) is 14.1. The summed E-state index contributed by atoms with van der Waals surface area (Å²) in [5.41, 5.74) is 3.95. The van der Waals surface area contributed by atoms with E-state index in [1.807, 2.05) is 55.6 Å². The minimum absolute atomic E-state index is 0.120. The first-order valence-electron chi connectivity index (χ1n) is 9.25. The van der Waals surface area contributed by atoms with E-state index in [-0.39, 0.29) is 24.7 Å². The third-order valence-electron chi connectivity index (χ3n) is 4.57. The van der Waals surface area contributed by atoms with Crippen LogP contribution >= 0.6 is 0 Å². The van der Waals surface area contributed by atoms with Crippen molar-refractivity contribution in [2.45, 2.75) is 18.9 Å². The normalized spacial score (nSPS) is 14.2. The fourth-order valence-corrected chi connectivity index (χ4v) is 2.95. The molecule has 2 N–H and O–H groups in total. The lowest BCUT2D eigenvalue weighted by molar-refractivity contribution is -0.132. The number of aliphatic hydroxyl groups excluding tert-OH is 1. The largest absolute Gasteiger partial charge is 0.396 e. The van der Waals surface area contributed by atoms with Gasteiger partial charge in [-0.3, -0.25) is 9.59 Å². The van der Waals surface area contributed by atoms with Gasteiger partial charge >= 0.3 is 5.91 Å². The van der Waals surface area contributed by atoms with Gasteiger partial charge in [-0.15, -0.1) is 0 Å². The molecule has 0 spiro atoms. The standard InChI is InChI=1S/C23H21N3O3/c1-24-13-18-6-4-16(5-7-18)2-3-17-8-10-19(11-9-17)20(14-27)12-21-22(28)23(29)26-15-25-21/h4-11,15,20,24,27H,12-14H2,1H3. The van der Waals surface area contributed by atoms with Crippen LogP contribution in [0.2, 0.25) is 0 Å². The third kappa shape index (κ3) is 5.32.